The SMILES string of the molecule is CC(=O)N[C@H](CC(=O)Nc1ccc(Cl)cc1C)c1ccccc1. The van der Waals surface area contributed by atoms with Gasteiger partial charge in [0.15, 0.2) is 0 Å². The third-order valence-corrected chi connectivity index (χ3v) is 3.67. The maximum absolute atomic E-state index is 12.3. The molecule has 2 aromatic rings. The van der Waals surface area contributed by atoms with Crippen molar-refractivity contribution in [3.63, 3.8) is 0 Å². The smallest absolute Gasteiger partial charge is 0.226 e. The number of rotatable bonds is 5. The van der Waals surface area contributed by atoms with Gasteiger partial charge in [-0.3, -0.25) is 9.59 Å². The Kier molecular flexibility index (Phi) is 5.77. The van der Waals surface area contributed by atoms with Gasteiger partial charge in [0, 0.05) is 17.6 Å². The summed E-state index contributed by atoms with van der Waals surface area (Å²) in [5.41, 5.74) is 2.50. The molecule has 0 bridgehead atoms. The first-order valence-electron chi connectivity index (χ1n) is 7.34. The summed E-state index contributed by atoms with van der Waals surface area (Å²) >= 11 is 5.91. The lowest BCUT2D eigenvalue weighted by Crippen LogP contribution is -2.29. The predicted molar refractivity (Wildman–Crippen MR) is 92.4 cm³/mol. The highest BCUT2D eigenvalue weighted by atomic mass is 35.5. The van der Waals surface area contributed by atoms with Crippen molar-refractivity contribution < 1.29 is 9.59 Å². The number of halogens is 1. The molecule has 2 N–H and O–H groups in total. The van der Waals surface area contributed by atoms with Crippen molar-refractivity contribution >= 4 is 29.1 Å². The Labute approximate surface area is 140 Å². The second kappa shape index (κ2) is 7.79. The van der Waals surface area contributed by atoms with Crippen LogP contribution in [-0.2, 0) is 9.59 Å². The summed E-state index contributed by atoms with van der Waals surface area (Å²) in [5.74, 6) is -0.340. The standard InChI is InChI=1S/C18H19ClN2O2/c1-12-10-15(19)8-9-16(12)21-18(23)11-17(20-13(2)22)14-6-4-3-5-7-14/h3-10,17H,11H2,1-2H3,(H,20,22)(H,21,23)/t17-/m1/s1. The van der Waals surface area contributed by atoms with Crippen LogP contribution < -0.4 is 10.6 Å². The number of anilines is 1. The van der Waals surface area contributed by atoms with Crippen LogP contribution in [0.2, 0.25) is 5.02 Å². The molecule has 2 rings (SSSR count). The molecule has 0 aliphatic rings. The second-order valence-electron chi connectivity index (χ2n) is 5.38. The maximum atomic E-state index is 12.3. The summed E-state index contributed by atoms with van der Waals surface area (Å²) in [6.07, 6.45) is 0.158. The minimum atomic E-state index is -0.360. The molecule has 0 saturated carbocycles. The molecule has 0 spiro atoms. The van der Waals surface area contributed by atoms with E-state index in [-0.39, 0.29) is 24.3 Å². The number of amides is 2. The van der Waals surface area contributed by atoms with Crippen molar-refractivity contribution in [3.8, 4) is 0 Å². The van der Waals surface area contributed by atoms with Crippen LogP contribution in [0.4, 0.5) is 5.69 Å². The molecule has 1 atom stereocenters. The van der Waals surface area contributed by atoms with E-state index in [9.17, 15) is 9.59 Å². The molecular formula is C18H19ClN2O2. The summed E-state index contributed by atoms with van der Waals surface area (Å²) in [7, 11) is 0. The van der Waals surface area contributed by atoms with E-state index in [0.717, 1.165) is 11.1 Å². The molecule has 2 aromatic carbocycles. The van der Waals surface area contributed by atoms with Gasteiger partial charge < -0.3 is 10.6 Å². The van der Waals surface area contributed by atoms with Crippen molar-refractivity contribution in [2.24, 2.45) is 0 Å². The highest BCUT2D eigenvalue weighted by Gasteiger charge is 2.17. The highest BCUT2D eigenvalue weighted by Crippen LogP contribution is 2.22. The summed E-state index contributed by atoms with van der Waals surface area (Å²) in [6, 6.07) is 14.4. The molecule has 0 aliphatic carbocycles. The molecule has 23 heavy (non-hydrogen) atoms. The molecule has 0 saturated heterocycles. The predicted octanol–water partition coefficient (Wildman–Crippen LogP) is 3.85. The fraction of sp³-hybridized carbons (Fsp3) is 0.222. The Morgan fingerprint density at radius 1 is 1.13 bits per heavy atom. The zero-order valence-corrected chi connectivity index (χ0v) is 13.9. The zero-order valence-electron chi connectivity index (χ0n) is 13.1. The van der Waals surface area contributed by atoms with E-state index in [4.69, 9.17) is 11.6 Å². The summed E-state index contributed by atoms with van der Waals surface area (Å²) in [6.45, 7) is 3.32. The van der Waals surface area contributed by atoms with Crippen molar-refractivity contribution in [1.29, 1.82) is 0 Å². The van der Waals surface area contributed by atoms with E-state index in [2.05, 4.69) is 10.6 Å². The number of aryl methyl sites for hydroxylation is 1. The summed E-state index contributed by atoms with van der Waals surface area (Å²) in [4.78, 5) is 23.7. The molecule has 0 unspecified atom stereocenters. The maximum Gasteiger partial charge on any atom is 0.226 e. The molecule has 0 heterocycles. The van der Waals surface area contributed by atoms with Crippen LogP contribution in [0.3, 0.4) is 0 Å². The number of carbonyl (C=O) groups excluding carboxylic acids is 2. The normalized spacial score (nSPS) is 11.6. The van der Waals surface area contributed by atoms with Crippen LogP contribution >= 0.6 is 11.6 Å². The number of hydrogen-bond donors (Lipinski definition) is 2. The van der Waals surface area contributed by atoms with E-state index >= 15 is 0 Å². The molecule has 2 amide bonds. The van der Waals surface area contributed by atoms with Crippen LogP contribution in [0.1, 0.15) is 30.5 Å². The fourth-order valence-corrected chi connectivity index (χ4v) is 2.56. The number of benzene rings is 2. The van der Waals surface area contributed by atoms with Crippen LogP contribution in [0.5, 0.6) is 0 Å². The largest absolute Gasteiger partial charge is 0.349 e. The van der Waals surface area contributed by atoms with Crippen molar-refractivity contribution in [1.82, 2.24) is 5.32 Å². The first-order valence-corrected chi connectivity index (χ1v) is 7.71. The van der Waals surface area contributed by atoms with Gasteiger partial charge in [0.1, 0.15) is 0 Å². The van der Waals surface area contributed by atoms with E-state index in [1.165, 1.54) is 6.92 Å². The van der Waals surface area contributed by atoms with Gasteiger partial charge in [-0.15, -0.1) is 0 Å². The first-order chi connectivity index (χ1) is 11.0. The van der Waals surface area contributed by atoms with Gasteiger partial charge in [0.2, 0.25) is 11.8 Å². The Morgan fingerprint density at radius 2 is 1.83 bits per heavy atom. The Morgan fingerprint density at radius 3 is 2.43 bits per heavy atom. The van der Waals surface area contributed by atoms with Crippen LogP contribution in [-0.4, -0.2) is 11.8 Å². The fourth-order valence-electron chi connectivity index (χ4n) is 2.34. The number of hydrogen-bond acceptors (Lipinski definition) is 2. The van der Waals surface area contributed by atoms with Crippen molar-refractivity contribution in [2.75, 3.05) is 5.32 Å². The highest BCUT2D eigenvalue weighted by molar-refractivity contribution is 6.30. The van der Waals surface area contributed by atoms with Gasteiger partial charge in [0.25, 0.3) is 0 Å². The molecule has 120 valence electrons. The van der Waals surface area contributed by atoms with Crippen LogP contribution in [0.15, 0.2) is 48.5 Å². The van der Waals surface area contributed by atoms with E-state index in [0.29, 0.717) is 10.7 Å². The van der Waals surface area contributed by atoms with Gasteiger partial charge in [0.05, 0.1) is 12.5 Å². The Bertz CT molecular complexity index is 701. The number of nitrogens with one attached hydrogen (secondary N) is 2. The molecule has 4 nitrogen and oxygen atoms in total. The summed E-state index contributed by atoms with van der Waals surface area (Å²) < 4.78 is 0. The summed E-state index contributed by atoms with van der Waals surface area (Å²) in [5, 5.41) is 6.30. The lowest BCUT2D eigenvalue weighted by atomic mass is 10.0. The van der Waals surface area contributed by atoms with E-state index < -0.39 is 0 Å². The van der Waals surface area contributed by atoms with Gasteiger partial charge in [-0.25, -0.2) is 0 Å². The average molecular weight is 331 g/mol. The van der Waals surface area contributed by atoms with Gasteiger partial charge in [-0.05, 0) is 36.2 Å². The molecule has 0 radical (unpaired) electrons. The van der Waals surface area contributed by atoms with Gasteiger partial charge in [-0.1, -0.05) is 41.9 Å². The molecular weight excluding hydrogens is 312 g/mol. The lowest BCUT2D eigenvalue weighted by Gasteiger charge is -2.18. The van der Waals surface area contributed by atoms with Gasteiger partial charge >= 0.3 is 0 Å². The minimum absolute atomic E-state index is 0.158. The second-order valence-corrected chi connectivity index (χ2v) is 5.81. The van der Waals surface area contributed by atoms with E-state index in [1.54, 1.807) is 18.2 Å². The third-order valence-electron chi connectivity index (χ3n) is 3.43. The quantitative estimate of drug-likeness (QED) is 0.874. The molecule has 0 fully saturated rings. The molecule has 0 aliphatic heterocycles. The van der Waals surface area contributed by atoms with Crippen LogP contribution in [0.25, 0.3) is 0 Å². The van der Waals surface area contributed by atoms with E-state index in [1.807, 2.05) is 37.3 Å². The minimum Gasteiger partial charge on any atom is -0.349 e. The van der Waals surface area contributed by atoms with Crippen LogP contribution in [0, 0.1) is 6.92 Å². The monoisotopic (exact) mass is 330 g/mol. The number of carbonyl (C=O) groups is 2. The van der Waals surface area contributed by atoms with Crippen molar-refractivity contribution in [2.45, 2.75) is 26.3 Å². The molecule has 5 heteroatoms. The van der Waals surface area contributed by atoms with Crippen molar-refractivity contribution in [3.05, 3.63) is 64.7 Å². The Balaban J connectivity index is 2.09. The Hall–Kier alpha value is -2.33. The first kappa shape index (κ1) is 17.0. The van der Waals surface area contributed by atoms with Gasteiger partial charge in [-0.2, -0.15) is 0 Å². The topological polar surface area (TPSA) is 58.2 Å². The third kappa shape index (κ3) is 5.11. The zero-order chi connectivity index (χ0) is 16.8. The average Bonchev–Trinajstić information content (AvgIpc) is 2.50. The lowest BCUT2D eigenvalue weighted by molar-refractivity contribution is -0.120. The molecule has 0 aromatic heterocycles.